The van der Waals surface area contributed by atoms with Gasteiger partial charge in [-0.2, -0.15) is 11.8 Å². The molecule has 0 bridgehead atoms. The van der Waals surface area contributed by atoms with Gasteiger partial charge in [0.1, 0.15) is 5.58 Å². The van der Waals surface area contributed by atoms with Crippen LogP contribution in [0.3, 0.4) is 0 Å². The second kappa shape index (κ2) is 5.89. The van der Waals surface area contributed by atoms with Crippen LogP contribution in [0.1, 0.15) is 22.5 Å². The third kappa shape index (κ3) is 2.99. The molecule has 3 rings (SSSR count). The maximum Gasteiger partial charge on any atom is 0.371 e. The smallest absolute Gasteiger partial charge is 0.371 e. The van der Waals surface area contributed by atoms with Gasteiger partial charge in [0.25, 0.3) is 0 Å². The molecule has 1 aliphatic heterocycles. The number of hydrogen-bond acceptors (Lipinski definition) is 4. The third-order valence-corrected chi connectivity index (χ3v) is 4.56. The molecule has 0 aliphatic carbocycles. The maximum atomic E-state index is 10.9. The van der Waals surface area contributed by atoms with Crippen LogP contribution in [0.15, 0.2) is 28.7 Å². The van der Waals surface area contributed by atoms with Crippen LogP contribution in [0.4, 0.5) is 0 Å². The minimum Gasteiger partial charge on any atom is -0.475 e. The van der Waals surface area contributed by atoms with Gasteiger partial charge in [0.15, 0.2) is 0 Å². The first-order valence-electron chi connectivity index (χ1n) is 6.78. The summed E-state index contributed by atoms with van der Waals surface area (Å²) in [6.45, 7) is 3.18. The van der Waals surface area contributed by atoms with E-state index in [1.165, 1.54) is 23.5 Å². The molecule has 1 saturated heterocycles. The van der Waals surface area contributed by atoms with Crippen LogP contribution in [0.25, 0.3) is 11.0 Å². The predicted octanol–water partition coefficient (Wildman–Crippen LogP) is 3.07. The zero-order chi connectivity index (χ0) is 13.9. The number of furan rings is 1. The SMILES string of the molecule is O=C(O)c1cc2cc(CN3CCCSCC3)ccc2o1. The van der Waals surface area contributed by atoms with Crippen LogP contribution >= 0.6 is 11.8 Å². The summed E-state index contributed by atoms with van der Waals surface area (Å²) in [6.07, 6.45) is 1.24. The van der Waals surface area contributed by atoms with E-state index in [2.05, 4.69) is 4.90 Å². The number of hydrogen-bond donors (Lipinski definition) is 1. The van der Waals surface area contributed by atoms with Crippen molar-refractivity contribution in [3.8, 4) is 0 Å². The summed E-state index contributed by atoms with van der Waals surface area (Å²) in [5.41, 5.74) is 1.85. The van der Waals surface area contributed by atoms with Gasteiger partial charge in [0.05, 0.1) is 0 Å². The fourth-order valence-corrected chi connectivity index (χ4v) is 3.44. The predicted molar refractivity (Wildman–Crippen MR) is 80.4 cm³/mol. The van der Waals surface area contributed by atoms with Crippen molar-refractivity contribution in [1.82, 2.24) is 4.90 Å². The Hall–Kier alpha value is -1.46. The van der Waals surface area contributed by atoms with E-state index in [0.717, 1.165) is 25.0 Å². The molecule has 0 atom stereocenters. The molecule has 0 spiro atoms. The van der Waals surface area contributed by atoms with E-state index in [1.54, 1.807) is 6.07 Å². The van der Waals surface area contributed by atoms with E-state index < -0.39 is 5.97 Å². The average Bonchev–Trinajstić information content (AvgIpc) is 2.69. The number of carboxylic acids is 1. The summed E-state index contributed by atoms with van der Waals surface area (Å²) in [5.74, 6) is 1.42. The van der Waals surface area contributed by atoms with Crippen LogP contribution in [0, 0.1) is 0 Å². The summed E-state index contributed by atoms with van der Waals surface area (Å²) in [7, 11) is 0. The quantitative estimate of drug-likeness (QED) is 0.942. The van der Waals surface area contributed by atoms with Gasteiger partial charge in [-0.25, -0.2) is 4.79 Å². The van der Waals surface area contributed by atoms with Gasteiger partial charge in [0, 0.05) is 24.2 Å². The van der Waals surface area contributed by atoms with E-state index in [0.29, 0.717) is 5.58 Å². The second-order valence-corrected chi connectivity index (χ2v) is 6.25. The number of rotatable bonds is 3. The second-order valence-electron chi connectivity index (χ2n) is 5.03. The number of benzene rings is 1. The molecule has 1 N–H and O–H groups in total. The Bertz CT molecular complexity index is 615. The third-order valence-electron chi connectivity index (χ3n) is 3.51. The molecular weight excluding hydrogens is 274 g/mol. The number of aromatic carboxylic acids is 1. The maximum absolute atomic E-state index is 10.9. The topological polar surface area (TPSA) is 53.7 Å². The monoisotopic (exact) mass is 291 g/mol. The summed E-state index contributed by atoms with van der Waals surface area (Å²) in [4.78, 5) is 13.4. The molecule has 0 radical (unpaired) electrons. The Morgan fingerprint density at radius 1 is 1.30 bits per heavy atom. The van der Waals surface area contributed by atoms with Gasteiger partial charge < -0.3 is 9.52 Å². The zero-order valence-electron chi connectivity index (χ0n) is 11.2. The molecule has 1 fully saturated rings. The van der Waals surface area contributed by atoms with Crippen molar-refractivity contribution in [2.24, 2.45) is 0 Å². The molecular formula is C15H17NO3S. The highest BCUT2D eigenvalue weighted by Crippen LogP contribution is 2.22. The van der Waals surface area contributed by atoms with Gasteiger partial charge in [0.2, 0.25) is 5.76 Å². The largest absolute Gasteiger partial charge is 0.475 e. The Morgan fingerprint density at radius 2 is 2.20 bits per heavy atom. The average molecular weight is 291 g/mol. The molecule has 20 heavy (non-hydrogen) atoms. The number of thioether (sulfide) groups is 1. The highest BCUT2D eigenvalue weighted by atomic mass is 32.2. The van der Waals surface area contributed by atoms with Crippen molar-refractivity contribution in [2.45, 2.75) is 13.0 Å². The van der Waals surface area contributed by atoms with Crippen molar-refractivity contribution in [3.63, 3.8) is 0 Å². The van der Waals surface area contributed by atoms with Crippen LogP contribution in [-0.2, 0) is 6.54 Å². The first-order chi connectivity index (χ1) is 9.72. The fraction of sp³-hybridized carbons (Fsp3) is 0.400. The summed E-state index contributed by atoms with van der Waals surface area (Å²) < 4.78 is 5.28. The van der Waals surface area contributed by atoms with E-state index >= 15 is 0 Å². The lowest BCUT2D eigenvalue weighted by Gasteiger charge is -2.19. The molecule has 0 unspecified atom stereocenters. The van der Waals surface area contributed by atoms with Gasteiger partial charge in [-0.05, 0) is 42.5 Å². The van der Waals surface area contributed by atoms with E-state index in [-0.39, 0.29) is 5.76 Å². The number of carboxylic acid groups (broad SMARTS) is 1. The molecule has 1 aliphatic rings. The lowest BCUT2D eigenvalue weighted by Crippen LogP contribution is -2.25. The fourth-order valence-electron chi connectivity index (χ4n) is 2.51. The van der Waals surface area contributed by atoms with E-state index in [1.807, 2.05) is 30.0 Å². The van der Waals surface area contributed by atoms with Crippen molar-refractivity contribution in [2.75, 3.05) is 24.6 Å². The lowest BCUT2D eigenvalue weighted by atomic mass is 10.1. The normalized spacial score (nSPS) is 17.2. The zero-order valence-corrected chi connectivity index (χ0v) is 12.0. The van der Waals surface area contributed by atoms with Crippen molar-refractivity contribution in [3.05, 3.63) is 35.6 Å². The molecule has 0 saturated carbocycles. The molecule has 2 aromatic rings. The Balaban J connectivity index is 1.79. The standard InChI is InChI=1S/C15H17NO3S/c17-15(18)14-9-12-8-11(2-3-13(12)19-14)10-16-4-1-6-20-7-5-16/h2-3,8-9H,1,4-7,10H2,(H,17,18). The first-order valence-corrected chi connectivity index (χ1v) is 7.94. The van der Waals surface area contributed by atoms with E-state index in [9.17, 15) is 4.79 Å². The van der Waals surface area contributed by atoms with Crippen LogP contribution < -0.4 is 0 Å². The first kappa shape index (κ1) is 13.5. The Labute approximate surface area is 121 Å². The van der Waals surface area contributed by atoms with Gasteiger partial charge in [-0.15, -0.1) is 0 Å². The molecule has 0 amide bonds. The van der Waals surface area contributed by atoms with Gasteiger partial charge in [-0.3, -0.25) is 4.90 Å². The highest BCUT2D eigenvalue weighted by Gasteiger charge is 2.13. The number of nitrogens with zero attached hydrogens (tertiary/aromatic N) is 1. The summed E-state index contributed by atoms with van der Waals surface area (Å²) in [5, 5.41) is 9.81. The molecule has 1 aromatic heterocycles. The van der Waals surface area contributed by atoms with Crippen LogP contribution in [-0.4, -0.2) is 40.6 Å². The Kier molecular flexibility index (Phi) is 3.98. The molecule has 2 heterocycles. The molecule has 4 nitrogen and oxygen atoms in total. The van der Waals surface area contributed by atoms with E-state index in [4.69, 9.17) is 9.52 Å². The van der Waals surface area contributed by atoms with Gasteiger partial charge in [-0.1, -0.05) is 6.07 Å². The van der Waals surface area contributed by atoms with Gasteiger partial charge >= 0.3 is 5.97 Å². The van der Waals surface area contributed by atoms with Crippen molar-refractivity contribution >= 4 is 28.7 Å². The number of carbonyl (C=O) groups is 1. The molecule has 5 heteroatoms. The Morgan fingerprint density at radius 3 is 3.05 bits per heavy atom. The number of fused-ring (bicyclic) bond motifs is 1. The lowest BCUT2D eigenvalue weighted by molar-refractivity contribution is 0.0665. The van der Waals surface area contributed by atoms with Crippen molar-refractivity contribution < 1.29 is 14.3 Å². The van der Waals surface area contributed by atoms with Crippen LogP contribution in [0.2, 0.25) is 0 Å². The minimum atomic E-state index is -1.02. The van der Waals surface area contributed by atoms with Crippen molar-refractivity contribution in [1.29, 1.82) is 0 Å². The molecule has 1 aromatic carbocycles. The summed E-state index contributed by atoms with van der Waals surface area (Å²) >= 11 is 2.02. The minimum absolute atomic E-state index is 0.00308. The van der Waals surface area contributed by atoms with Crippen LogP contribution in [0.5, 0.6) is 0 Å². The highest BCUT2D eigenvalue weighted by molar-refractivity contribution is 7.99. The summed E-state index contributed by atoms with van der Waals surface area (Å²) in [6, 6.07) is 7.52. The molecule has 106 valence electrons.